The molecule has 2 nitrogen and oxygen atoms in total. The van der Waals surface area contributed by atoms with Crippen LogP contribution in [0.25, 0.3) is 55.0 Å². The first kappa shape index (κ1) is 32.7. The van der Waals surface area contributed by atoms with Gasteiger partial charge in [0.15, 0.2) is 8.07 Å². The summed E-state index contributed by atoms with van der Waals surface area (Å²) in [5.74, 6) is 0. The second kappa shape index (κ2) is 13.4. The van der Waals surface area contributed by atoms with Crippen molar-refractivity contribution in [1.82, 2.24) is 9.13 Å². The number of benzene rings is 7. The van der Waals surface area contributed by atoms with Crippen LogP contribution in [-0.4, -0.2) is 17.2 Å². The molecule has 0 amide bonds. The summed E-state index contributed by atoms with van der Waals surface area (Å²) >= 11 is 0. The number of para-hydroxylation sites is 4. The molecular weight excluding hydrogens is 657 g/mol. The van der Waals surface area contributed by atoms with Crippen LogP contribution in [0.15, 0.2) is 199 Å². The van der Waals surface area contributed by atoms with E-state index in [9.17, 15) is 0 Å². The van der Waals surface area contributed by atoms with E-state index in [-0.39, 0.29) is 0 Å². The van der Waals surface area contributed by atoms with Crippen LogP contribution in [0.2, 0.25) is 0 Å². The fourth-order valence-corrected chi connectivity index (χ4v) is 14.2. The van der Waals surface area contributed by atoms with Gasteiger partial charge in [0.1, 0.15) is 0 Å². The highest BCUT2D eigenvalue weighted by molar-refractivity contribution is 7.16. The molecule has 9 rings (SSSR count). The highest BCUT2D eigenvalue weighted by Gasteiger charge is 2.43. The zero-order valence-electron chi connectivity index (χ0n) is 30.3. The van der Waals surface area contributed by atoms with Crippen LogP contribution in [-0.2, 0) is 0 Å². The van der Waals surface area contributed by atoms with Gasteiger partial charge in [-0.1, -0.05) is 170 Å². The van der Waals surface area contributed by atoms with E-state index in [2.05, 4.69) is 212 Å². The van der Waals surface area contributed by atoms with Crippen LogP contribution in [0.3, 0.4) is 0 Å². The predicted molar refractivity (Wildman–Crippen MR) is 230 cm³/mol. The third-order valence-electron chi connectivity index (χ3n) is 10.8. The van der Waals surface area contributed by atoms with E-state index in [0.717, 1.165) is 29.8 Å². The van der Waals surface area contributed by atoms with E-state index in [0.29, 0.717) is 0 Å². The second-order valence-electron chi connectivity index (χ2n) is 14.2. The summed E-state index contributed by atoms with van der Waals surface area (Å²) in [4.78, 5) is 0. The van der Waals surface area contributed by atoms with Gasteiger partial charge >= 0.3 is 0 Å². The lowest BCUT2D eigenvalue weighted by molar-refractivity contribution is 0.938. The molecule has 0 fully saturated rings. The zero-order valence-corrected chi connectivity index (χ0v) is 31.3. The van der Waals surface area contributed by atoms with Gasteiger partial charge in [-0.15, -0.1) is 0 Å². The van der Waals surface area contributed by atoms with Gasteiger partial charge in [-0.3, -0.25) is 0 Å². The van der Waals surface area contributed by atoms with Crippen molar-refractivity contribution in [3.63, 3.8) is 0 Å². The zero-order chi connectivity index (χ0) is 35.9. The molecule has 2 aromatic heterocycles. The number of fused-ring (bicyclic) bond motifs is 6. The standard InChI is InChI=1S/C50H42N2Si/c1-4-19-41(32-36(2)3)53(39-20-7-5-8-21-39,40-22-9-6-10-23-40)42-34-37(51-47-28-15-11-24-43(47)44-25-12-16-29-48(44)51)33-38(35-42)52-49-30-17-13-26-45(49)46-27-14-18-31-50(46)52/h5-18,20-35H,2,4,19H2,1,3H3/b41-32+. The van der Waals surface area contributed by atoms with Crippen molar-refractivity contribution in [1.29, 1.82) is 0 Å². The summed E-state index contributed by atoms with van der Waals surface area (Å²) in [6.45, 7) is 8.91. The summed E-state index contributed by atoms with van der Waals surface area (Å²) < 4.78 is 4.98. The molecule has 9 aromatic rings. The first-order valence-electron chi connectivity index (χ1n) is 18.7. The van der Waals surface area contributed by atoms with Crippen molar-refractivity contribution < 1.29 is 0 Å². The van der Waals surface area contributed by atoms with Crippen molar-refractivity contribution in [2.24, 2.45) is 0 Å². The third-order valence-corrected chi connectivity index (χ3v) is 15.8. The number of aromatic nitrogens is 2. The smallest absolute Gasteiger partial charge is 0.175 e. The van der Waals surface area contributed by atoms with E-state index in [1.165, 1.54) is 64.4 Å². The molecule has 0 saturated carbocycles. The molecule has 7 aromatic carbocycles. The van der Waals surface area contributed by atoms with Crippen molar-refractivity contribution in [3.05, 3.63) is 199 Å². The Labute approximate surface area is 312 Å². The Bertz CT molecular complexity index is 2540. The molecule has 0 saturated heterocycles. The second-order valence-corrected chi connectivity index (χ2v) is 18.1. The number of hydrogen-bond donors (Lipinski definition) is 0. The summed E-state index contributed by atoms with van der Waals surface area (Å²) in [5.41, 5.74) is 8.22. The predicted octanol–water partition coefficient (Wildman–Crippen LogP) is 11.2. The lowest BCUT2D eigenvalue weighted by Crippen LogP contribution is -2.68. The summed E-state index contributed by atoms with van der Waals surface area (Å²) in [7, 11) is -2.92. The van der Waals surface area contributed by atoms with E-state index in [1.807, 2.05) is 0 Å². The minimum absolute atomic E-state index is 0.979. The van der Waals surface area contributed by atoms with Gasteiger partial charge in [-0.25, -0.2) is 0 Å². The van der Waals surface area contributed by atoms with Crippen LogP contribution in [0.1, 0.15) is 26.7 Å². The van der Waals surface area contributed by atoms with Gasteiger partial charge in [-0.05, 0) is 71.4 Å². The summed E-state index contributed by atoms with van der Waals surface area (Å²) in [6.07, 6.45) is 4.43. The van der Waals surface area contributed by atoms with Crippen molar-refractivity contribution >= 4 is 67.2 Å². The maximum atomic E-state index is 4.46. The largest absolute Gasteiger partial charge is 0.309 e. The fraction of sp³-hybridized carbons (Fsp3) is 0.0800. The van der Waals surface area contributed by atoms with E-state index < -0.39 is 8.07 Å². The highest BCUT2D eigenvalue weighted by atomic mass is 28.3. The van der Waals surface area contributed by atoms with E-state index >= 15 is 0 Å². The summed E-state index contributed by atoms with van der Waals surface area (Å²) in [6, 6.07) is 65.5. The highest BCUT2D eigenvalue weighted by Crippen LogP contribution is 2.36. The van der Waals surface area contributed by atoms with Crippen LogP contribution in [0, 0.1) is 0 Å². The lowest BCUT2D eigenvalue weighted by Gasteiger charge is -2.37. The molecule has 0 aliphatic heterocycles. The Morgan fingerprint density at radius 2 is 0.849 bits per heavy atom. The molecule has 0 atom stereocenters. The Hall–Kier alpha value is -6.16. The Morgan fingerprint density at radius 1 is 0.491 bits per heavy atom. The average molecular weight is 699 g/mol. The maximum Gasteiger partial charge on any atom is 0.175 e. The molecule has 0 bridgehead atoms. The van der Waals surface area contributed by atoms with Gasteiger partial charge < -0.3 is 9.13 Å². The van der Waals surface area contributed by atoms with Crippen LogP contribution in [0.4, 0.5) is 0 Å². The molecule has 256 valence electrons. The molecule has 0 spiro atoms. The molecule has 53 heavy (non-hydrogen) atoms. The monoisotopic (exact) mass is 698 g/mol. The van der Waals surface area contributed by atoms with Crippen LogP contribution in [0.5, 0.6) is 0 Å². The molecule has 0 N–H and O–H groups in total. The van der Waals surface area contributed by atoms with E-state index in [4.69, 9.17) is 0 Å². The SMILES string of the molecule is C=C(C)/C=C(\CCC)[Si](c1ccccc1)(c1ccccc1)c1cc(-n2c3ccccc3c3ccccc32)cc(-n2c3ccccc3c3ccccc32)c1. The quantitative estimate of drug-likeness (QED) is 0.0807. The molecule has 0 radical (unpaired) electrons. The number of rotatable bonds is 9. The van der Waals surface area contributed by atoms with Crippen molar-refractivity contribution in [2.45, 2.75) is 26.7 Å². The topological polar surface area (TPSA) is 9.86 Å². The van der Waals surface area contributed by atoms with Gasteiger partial charge in [0.2, 0.25) is 0 Å². The molecule has 3 heteroatoms. The number of hydrogen-bond acceptors (Lipinski definition) is 0. The third kappa shape index (κ3) is 5.31. The molecule has 0 aliphatic carbocycles. The first-order chi connectivity index (χ1) is 26.1. The molecule has 0 aliphatic rings. The average Bonchev–Trinajstić information content (AvgIpc) is 3.72. The molecule has 0 unspecified atom stereocenters. The fourth-order valence-electron chi connectivity index (χ4n) is 8.84. The minimum atomic E-state index is -2.92. The number of nitrogens with zero attached hydrogens (tertiary/aromatic N) is 2. The van der Waals surface area contributed by atoms with Gasteiger partial charge in [-0.2, -0.15) is 0 Å². The molecule has 2 heterocycles. The van der Waals surface area contributed by atoms with Gasteiger partial charge in [0.25, 0.3) is 0 Å². The Kier molecular flexibility index (Phi) is 8.29. The first-order valence-corrected chi connectivity index (χ1v) is 20.7. The van der Waals surface area contributed by atoms with Crippen LogP contribution >= 0.6 is 0 Å². The maximum absolute atomic E-state index is 4.46. The minimum Gasteiger partial charge on any atom is -0.309 e. The van der Waals surface area contributed by atoms with E-state index in [1.54, 1.807) is 0 Å². The Morgan fingerprint density at radius 3 is 1.21 bits per heavy atom. The normalized spacial score (nSPS) is 12.3. The number of allylic oxidation sites excluding steroid dienone is 3. The Balaban J connectivity index is 1.50. The van der Waals surface area contributed by atoms with Crippen LogP contribution < -0.4 is 15.6 Å². The summed E-state index contributed by atoms with van der Waals surface area (Å²) in [5, 5.41) is 10.6. The van der Waals surface area contributed by atoms with Crippen molar-refractivity contribution in [3.8, 4) is 11.4 Å². The molecular formula is C50H42N2Si. The van der Waals surface area contributed by atoms with Gasteiger partial charge in [0, 0.05) is 32.9 Å². The van der Waals surface area contributed by atoms with Gasteiger partial charge in [0.05, 0.1) is 22.1 Å². The lowest BCUT2D eigenvalue weighted by atomic mass is 10.2. The van der Waals surface area contributed by atoms with Crippen molar-refractivity contribution in [2.75, 3.05) is 0 Å².